The van der Waals surface area contributed by atoms with Gasteiger partial charge in [0, 0.05) is 53.3 Å². The first kappa shape index (κ1) is 28.9. The second-order valence-corrected chi connectivity index (χ2v) is 11.8. The quantitative estimate of drug-likeness (QED) is 0.280. The first-order chi connectivity index (χ1) is 19.8. The van der Waals surface area contributed by atoms with E-state index in [2.05, 4.69) is 20.6 Å². The Morgan fingerprint density at radius 3 is 2.56 bits per heavy atom. The smallest absolute Gasteiger partial charge is 0.287 e. The number of aromatic nitrogens is 2. The Morgan fingerprint density at radius 2 is 1.83 bits per heavy atom. The molecule has 2 N–H and O–H groups in total. The molecule has 3 amide bonds. The van der Waals surface area contributed by atoms with E-state index >= 15 is 0 Å². The fraction of sp³-hybridized carbons (Fsp3) is 0.276. The molecule has 3 aromatic heterocycles. The highest BCUT2D eigenvalue weighted by Crippen LogP contribution is 2.29. The first-order valence-corrected chi connectivity index (χ1v) is 14.7. The Balaban J connectivity index is 1.17. The molecule has 5 rings (SSSR count). The maximum atomic E-state index is 13.2. The molecule has 0 saturated carbocycles. The molecule has 4 aromatic rings. The normalized spacial score (nSPS) is 14.5. The van der Waals surface area contributed by atoms with Crippen molar-refractivity contribution in [2.24, 2.45) is 0 Å². The van der Waals surface area contributed by atoms with Crippen LogP contribution in [0.1, 0.15) is 29.1 Å². The summed E-state index contributed by atoms with van der Waals surface area (Å²) in [7, 11) is 0. The zero-order chi connectivity index (χ0) is 28.8. The number of likely N-dealkylation sites (tertiary alicyclic amines) is 1. The van der Waals surface area contributed by atoms with Crippen molar-refractivity contribution in [3.63, 3.8) is 0 Å². The molecule has 12 heteroatoms. The molecule has 212 valence electrons. The molecule has 1 aliphatic heterocycles. The van der Waals surface area contributed by atoms with Crippen molar-refractivity contribution in [3.05, 3.63) is 88.5 Å². The van der Waals surface area contributed by atoms with Crippen molar-refractivity contribution >= 4 is 63.7 Å². The van der Waals surface area contributed by atoms with Crippen LogP contribution in [0.5, 0.6) is 0 Å². The minimum Gasteiger partial charge on any atom is -0.451 e. The third-order valence-corrected chi connectivity index (χ3v) is 8.41. The van der Waals surface area contributed by atoms with E-state index in [4.69, 9.17) is 27.6 Å². The third-order valence-electron chi connectivity index (χ3n) is 6.66. The number of fused-ring (bicyclic) bond motifs is 1. The maximum Gasteiger partial charge on any atom is 0.287 e. The highest BCUT2D eigenvalue weighted by atomic mass is 35.5. The van der Waals surface area contributed by atoms with Crippen LogP contribution >= 0.6 is 35.0 Å². The van der Waals surface area contributed by atoms with Crippen LogP contribution in [0, 0.1) is 0 Å². The average Bonchev–Trinajstić information content (AvgIpc) is 3.41. The van der Waals surface area contributed by atoms with Crippen LogP contribution in [0.25, 0.3) is 11.0 Å². The van der Waals surface area contributed by atoms with Gasteiger partial charge < -0.3 is 20.0 Å². The van der Waals surface area contributed by atoms with Gasteiger partial charge in [0.25, 0.3) is 5.91 Å². The zero-order valence-electron chi connectivity index (χ0n) is 21.9. The number of hydrogen-bond donors (Lipinski definition) is 2. The Morgan fingerprint density at radius 1 is 1.02 bits per heavy atom. The second kappa shape index (κ2) is 13.4. The van der Waals surface area contributed by atoms with E-state index < -0.39 is 17.9 Å². The lowest BCUT2D eigenvalue weighted by molar-refractivity contribution is -0.133. The summed E-state index contributed by atoms with van der Waals surface area (Å²) in [5, 5.41) is 8.46. The number of halogens is 2. The summed E-state index contributed by atoms with van der Waals surface area (Å²) in [4.78, 5) is 49.5. The van der Waals surface area contributed by atoms with E-state index in [0.29, 0.717) is 45.0 Å². The average molecular weight is 613 g/mol. The number of amides is 3. The number of piperidine rings is 1. The molecule has 4 heterocycles. The van der Waals surface area contributed by atoms with Gasteiger partial charge in [-0.15, -0.1) is 11.8 Å². The van der Waals surface area contributed by atoms with Gasteiger partial charge in [0.05, 0.1) is 16.6 Å². The Hall–Kier alpha value is -3.60. The number of nitrogens with one attached hydrogen (secondary N) is 2. The van der Waals surface area contributed by atoms with Crippen molar-refractivity contribution in [2.45, 2.75) is 35.6 Å². The molecule has 1 saturated heterocycles. The summed E-state index contributed by atoms with van der Waals surface area (Å²) >= 11 is 13.6. The lowest BCUT2D eigenvalue weighted by Gasteiger charge is -2.31. The highest BCUT2D eigenvalue weighted by molar-refractivity contribution is 7.99. The predicted octanol–water partition coefficient (Wildman–Crippen LogP) is 4.77. The van der Waals surface area contributed by atoms with E-state index in [1.807, 2.05) is 12.1 Å². The summed E-state index contributed by atoms with van der Waals surface area (Å²) in [6.45, 7) is 1.00. The number of thioether (sulfide) groups is 1. The SMILES string of the molecule is O=C(N[C@@H](Cc1ccccn1)C(=O)NCC(=O)N1CCC(Sc2ccc(Cl)cn2)CC1)c1cc2cc(Cl)ccc2o1. The molecule has 0 radical (unpaired) electrons. The fourth-order valence-electron chi connectivity index (χ4n) is 4.52. The van der Waals surface area contributed by atoms with E-state index in [-0.39, 0.29) is 24.6 Å². The van der Waals surface area contributed by atoms with Gasteiger partial charge in [-0.05, 0) is 61.4 Å². The number of rotatable bonds is 9. The van der Waals surface area contributed by atoms with Gasteiger partial charge in [-0.1, -0.05) is 29.3 Å². The van der Waals surface area contributed by atoms with Gasteiger partial charge in [0.15, 0.2) is 5.76 Å². The summed E-state index contributed by atoms with van der Waals surface area (Å²) in [6, 6.07) is 14.7. The molecule has 41 heavy (non-hydrogen) atoms. The minimum atomic E-state index is -0.976. The number of furan rings is 1. The molecule has 9 nitrogen and oxygen atoms in total. The molecule has 1 atom stereocenters. The molecule has 0 unspecified atom stereocenters. The van der Waals surface area contributed by atoms with Gasteiger partial charge >= 0.3 is 0 Å². The van der Waals surface area contributed by atoms with Gasteiger partial charge in [0.2, 0.25) is 11.8 Å². The van der Waals surface area contributed by atoms with Crippen molar-refractivity contribution in [3.8, 4) is 0 Å². The van der Waals surface area contributed by atoms with Gasteiger partial charge in [-0.25, -0.2) is 4.98 Å². The highest BCUT2D eigenvalue weighted by Gasteiger charge is 2.27. The van der Waals surface area contributed by atoms with E-state index in [1.165, 1.54) is 0 Å². The van der Waals surface area contributed by atoms with Crippen LogP contribution in [0.3, 0.4) is 0 Å². The number of pyridine rings is 2. The predicted molar refractivity (Wildman–Crippen MR) is 158 cm³/mol. The minimum absolute atomic E-state index is 0.0479. The fourth-order valence-corrected chi connectivity index (χ4v) is 5.86. The Kier molecular flexibility index (Phi) is 9.43. The van der Waals surface area contributed by atoms with Crippen molar-refractivity contribution < 1.29 is 18.8 Å². The van der Waals surface area contributed by atoms with Gasteiger partial charge in [0.1, 0.15) is 11.6 Å². The monoisotopic (exact) mass is 611 g/mol. The largest absolute Gasteiger partial charge is 0.451 e. The molecular formula is C29H27Cl2N5O4S. The van der Waals surface area contributed by atoms with E-state index in [9.17, 15) is 14.4 Å². The number of hydrogen-bond acceptors (Lipinski definition) is 7. The molecule has 1 fully saturated rings. The lowest BCUT2D eigenvalue weighted by atomic mass is 10.1. The topological polar surface area (TPSA) is 117 Å². The standard InChI is InChI=1S/C29H27Cl2N5O4S/c30-19-4-6-24-18(13-19)14-25(40-24)29(39)35-23(15-21-3-1-2-10-32-21)28(38)34-17-27(37)36-11-8-22(9-12-36)41-26-7-5-20(31)16-33-26/h1-7,10,13-14,16,22-23H,8-9,11-12,15,17H2,(H,34,38)(H,35,39)/t23-/m0/s1. The molecule has 0 aliphatic carbocycles. The third kappa shape index (κ3) is 7.78. The number of carbonyl (C=O) groups is 3. The zero-order valence-corrected chi connectivity index (χ0v) is 24.2. The maximum absolute atomic E-state index is 13.2. The second-order valence-electron chi connectivity index (χ2n) is 9.57. The number of benzene rings is 1. The molecular weight excluding hydrogens is 585 g/mol. The van der Waals surface area contributed by atoms with Crippen LogP contribution < -0.4 is 10.6 Å². The van der Waals surface area contributed by atoms with Gasteiger partial charge in [-0.2, -0.15) is 0 Å². The number of nitrogens with zero attached hydrogens (tertiary/aromatic N) is 3. The summed E-state index contributed by atoms with van der Waals surface area (Å²) in [5.74, 6) is -1.18. The first-order valence-electron chi connectivity index (χ1n) is 13.1. The molecule has 0 spiro atoms. The van der Waals surface area contributed by atoms with E-state index in [0.717, 1.165) is 17.9 Å². The molecule has 1 aliphatic rings. The molecule has 1 aromatic carbocycles. The summed E-state index contributed by atoms with van der Waals surface area (Å²) < 4.78 is 5.65. The lowest BCUT2D eigenvalue weighted by Crippen LogP contribution is -2.51. The summed E-state index contributed by atoms with van der Waals surface area (Å²) in [5.41, 5.74) is 1.12. The van der Waals surface area contributed by atoms with Crippen LogP contribution in [-0.2, 0) is 16.0 Å². The van der Waals surface area contributed by atoms with Crippen LogP contribution in [0.2, 0.25) is 10.0 Å². The van der Waals surface area contributed by atoms with Gasteiger partial charge in [-0.3, -0.25) is 19.4 Å². The van der Waals surface area contributed by atoms with E-state index in [1.54, 1.807) is 71.5 Å². The van der Waals surface area contributed by atoms with Crippen molar-refractivity contribution in [2.75, 3.05) is 19.6 Å². The van der Waals surface area contributed by atoms with Crippen molar-refractivity contribution in [1.29, 1.82) is 0 Å². The van der Waals surface area contributed by atoms with Crippen molar-refractivity contribution in [1.82, 2.24) is 25.5 Å². The van der Waals surface area contributed by atoms with Crippen LogP contribution in [0.4, 0.5) is 0 Å². The Bertz CT molecular complexity index is 1530. The van der Waals surface area contributed by atoms with Crippen LogP contribution in [0.15, 0.2) is 76.4 Å². The van der Waals surface area contributed by atoms with Crippen LogP contribution in [-0.4, -0.2) is 63.5 Å². The Labute approximate surface area is 251 Å². The summed E-state index contributed by atoms with van der Waals surface area (Å²) in [6.07, 6.45) is 5.01. The number of carbonyl (C=O) groups excluding carboxylic acids is 3. The molecule has 0 bridgehead atoms.